The molecule has 1 aliphatic rings. The molecule has 0 radical (unpaired) electrons. The molecule has 1 aromatic carbocycles. The van der Waals surface area contributed by atoms with E-state index in [2.05, 4.69) is 62.8 Å². The first-order valence-corrected chi connectivity index (χ1v) is 14.4. The first kappa shape index (κ1) is 30.3. The summed E-state index contributed by atoms with van der Waals surface area (Å²) in [6.45, 7) is 17.2. The van der Waals surface area contributed by atoms with Crippen LogP contribution < -0.4 is 0 Å². The van der Waals surface area contributed by atoms with Crippen LogP contribution in [0.2, 0.25) is 0 Å². The number of benzene rings is 1. The molecule has 0 saturated carbocycles. The number of unbranched alkanes of at least 4 members (excludes halogenated alkanes) is 1. The van der Waals surface area contributed by atoms with Crippen molar-refractivity contribution in [2.24, 2.45) is 0 Å². The van der Waals surface area contributed by atoms with Gasteiger partial charge >= 0.3 is 0 Å². The Morgan fingerprint density at radius 1 is 1.14 bits per heavy atom. The highest BCUT2D eigenvalue weighted by molar-refractivity contribution is 7.85. The number of fused-ring (bicyclic) bond motifs is 1. The van der Waals surface area contributed by atoms with Crippen LogP contribution in [0.4, 0.5) is 5.69 Å². The highest BCUT2D eigenvalue weighted by Gasteiger charge is 2.43. The minimum Gasteiger partial charge on any atom is -0.462 e. The van der Waals surface area contributed by atoms with E-state index < -0.39 is 10.1 Å². The van der Waals surface area contributed by atoms with Gasteiger partial charge in [-0.15, -0.1) is 0 Å². The van der Waals surface area contributed by atoms with E-state index in [1.165, 1.54) is 5.56 Å². The summed E-state index contributed by atoms with van der Waals surface area (Å²) in [5.41, 5.74) is 5.24. The number of likely N-dealkylation sites (N-methyl/N-ethyl adjacent to an activating group) is 1. The third kappa shape index (κ3) is 8.58. The van der Waals surface area contributed by atoms with Crippen molar-refractivity contribution >= 4 is 21.5 Å². The molecule has 0 fully saturated rings. The predicted molar refractivity (Wildman–Crippen MR) is 154 cm³/mol. The fourth-order valence-electron chi connectivity index (χ4n) is 4.40. The maximum Gasteiger partial charge on any atom is 0.264 e. The van der Waals surface area contributed by atoms with Gasteiger partial charge in [0.05, 0.1) is 11.2 Å². The zero-order valence-electron chi connectivity index (χ0n) is 23.3. The predicted octanol–water partition coefficient (Wildman–Crippen LogP) is 6.52. The largest absolute Gasteiger partial charge is 0.462 e. The molecule has 37 heavy (non-hydrogen) atoms. The Morgan fingerprint density at radius 2 is 1.81 bits per heavy atom. The number of allylic oxidation sites excluding steroid dienone is 6. The molecule has 1 N–H and O–H groups in total. The first-order valence-electron chi connectivity index (χ1n) is 12.8. The van der Waals surface area contributed by atoms with Gasteiger partial charge in [0.1, 0.15) is 18.1 Å². The van der Waals surface area contributed by atoms with Gasteiger partial charge in [-0.2, -0.15) is 13.0 Å². The Balaban J connectivity index is 2.37. The van der Waals surface area contributed by atoms with Crippen LogP contribution in [-0.4, -0.2) is 54.6 Å². The highest BCUT2D eigenvalue weighted by atomic mass is 32.2. The molecule has 0 amide bonds. The third-order valence-corrected chi connectivity index (χ3v) is 7.37. The minimum absolute atomic E-state index is 0.221. The average molecular weight is 528 g/mol. The lowest BCUT2D eigenvalue weighted by molar-refractivity contribution is -0.438. The van der Waals surface area contributed by atoms with Crippen LogP contribution in [0.25, 0.3) is 0 Å². The highest BCUT2D eigenvalue weighted by Crippen LogP contribution is 2.40. The number of hydrogen-bond donors (Lipinski definition) is 1. The fraction of sp³-hybridized carbons (Fsp3) is 0.433. The van der Waals surface area contributed by atoms with Crippen LogP contribution in [-0.2, 0) is 20.3 Å². The van der Waals surface area contributed by atoms with Crippen LogP contribution in [0.1, 0.15) is 58.9 Å². The lowest BCUT2D eigenvalue weighted by Crippen LogP contribution is -2.28. The third-order valence-electron chi connectivity index (χ3n) is 6.57. The van der Waals surface area contributed by atoms with E-state index >= 15 is 0 Å². The van der Waals surface area contributed by atoms with E-state index in [1.54, 1.807) is 0 Å². The zero-order valence-corrected chi connectivity index (χ0v) is 24.1. The summed E-state index contributed by atoms with van der Waals surface area (Å²) < 4.78 is 39.8. The van der Waals surface area contributed by atoms with Crippen molar-refractivity contribution in [2.75, 3.05) is 26.4 Å². The van der Waals surface area contributed by atoms with Crippen molar-refractivity contribution in [2.45, 2.75) is 58.8 Å². The van der Waals surface area contributed by atoms with Crippen molar-refractivity contribution in [1.29, 1.82) is 0 Å². The SMILES string of the molecule is C=C(C=CC(=C)N(C)C)OC(C)=C(C=CC1=[N+](CCCCS(=O)(=O)O)c2ccccc2C1(C)C)CCC. The van der Waals surface area contributed by atoms with E-state index in [0.717, 1.165) is 41.3 Å². The number of hydrogen-bond acceptors (Lipinski definition) is 4. The molecule has 0 unspecified atom stereocenters. The van der Waals surface area contributed by atoms with Crippen molar-refractivity contribution in [1.82, 2.24) is 4.90 Å². The second-order valence-corrected chi connectivity index (χ2v) is 11.7. The van der Waals surface area contributed by atoms with Crippen LogP contribution >= 0.6 is 0 Å². The first-order chi connectivity index (χ1) is 17.3. The molecule has 0 aromatic heterocycles. The molecule has 2 rings (SSSR count). The van der Waals surface area contributed by atoms with E-state index in [-0.39, 0.29) is 11.2 Å². The van der Waals surface area contributed by atoms with E-state index in [1.807, 2.05) is 50.2 Å². The molecule has 0 saturated heterocycles. The lowest BCUT2D eigenvalue weighted by Gasteiger charge is -2.16. The Bertz CT molecular complexity index is 1230. The van der Waals surface area contributed by atoms with Crippen LogP contribution in [0.5, 0.6) is 0 Å². The molecule has 1 heterocycles. The molecule has 0 aliphatic carbocycles. The van der Waals surface area contributed by atoms with E-state index in [9.17, 15) is 8.42 Å². The standard InChI is InChI=1S/C30H42N2O4S/c1-9-14-26(25(4)36-24(3)18-17-23(2)31(7)8)19-20-29-30(5,6)27-15-10-11-16-28(27)32(29)21-12-13-22-37(33,34)35/h10-11,15-20H,2-3,9,12-14,21-22H2,1,4-8H3/p+1. The van der Waals surface area contributed by atoms with Crippen molar-refractivity contribution in [3.8, 4) is 0 Å². The molecule has 0 atom stereocenters. The normalized spacial score (nSPS) is 15.8. The molecule has 202 valence electrons. The van der Waals surface area contributed by atoms with Gasteiger partial charge in [0.15, 0.2) is 5.71 Å². The van der Waals surface area contributed by atoms with Gasteiger partial charge in [-0.3, -0.25) is 4.55 Å². The second-order valence-electron chi connectivity index (χ2n) is 10.1. The zero-order chi connectivity index (χ0) is 27.8. The topological polar surface area (TPSA) is 69.8 Å². The number of nitrogens with zero attached hydrogens (tertiary/aromatic N) is 2. The smallest absolute Gasteiger partial charge is 0.264 e. The number of ether oxygens (including phenoxy) is 1. The number of para-hydroxylation sites is 1. The Kier molecular flexibility index (Phi) is 10.7. The Morgan fingerprint density at radius 3 is 2.43 bits per heavy atom. The van der Waals surface area contributed by atoms with Gasteiger partial charge in [0.2, 0.25) is 5.69 Å². The average Bonchev–Trinajstić information content (AvgIpc) is 3.03. The monoisotopic (exact) mass is 527 g/mol. The van der Waals surface area contributed by atoms with E-state index in [4.69, 9.17) is 9.29 Å². The fourth-order valence-corrected chi connectivity index (χ4v) is 4.97. The van der Waals surface area contributed by atoms with Gasteiger partial charge in [-0.25, -0.2) is 0 Å². The van der Waals surface area contributed by atoms with Crippen molar-refractivity contribution in [3.05, 3.63) is 90.1 Å². The van der Waals surface area contributed by atoms with Crippen LogP contribution in [0.3, 0.4) is 0 Å². The van der Waals surface area contributed by atoms with Crippen LogP contribution in [0.15, 0.2) is 84.5 Å². The molecule has 7 heteroatoms. The summed E-state index contributed by atoms with van der Waals surface area (Å²) >= 11 is 0. The molecule has 0 spiro atoms. The summed E-state index contributed by atoms with van der Waals surface area (Å²) in [5.74, 6) is 1.12. The number of rotatable bonds is 14. The summed E-state index contributed by atoms with van der Waals surface area (Å²) in [6, 6.07) is 8.33. The van der Waals surface area contributed by atoms with Gasteiger partial charge in [-0.1, -0.05) is 44.7 Å². The van der Waals surface area contributed by atoms with Gasteiger partial charge in [0.25, 0.3) is 10.1 Å². The Hall–Kier alpha value is -2.90. The molecule has 6 nitrogen and oxygen atoms in total. The molecule has 0 bridgehead atoms. The second kappa shape index (κ2) is 13.1. The lowest BCUT2D eigenvalue weighted by atomic mass is 9.81. The minimum atomic E-state index is -3.96. The van der Waals surface area contributed by atoms with E-state index in [0.29, 0.717) is 25.1 Å². The van der Waals surface area contributed by atoms with Crippen LogP contribution in [0, 0.1) is 0 Å². The summed E-state index contributed by atoms with van der Waals surface area (Å²) in [6.07, 6.45) is 10.9. The maximum absolute atomic E-state index is 11.2. The van der Waals surface area contributed by atoms with Crippen molar-refractivity contribution in [3.63, 3.8) is 0 Å². The summed E-state index contributed by atoms with van der Waals surface area (Å²) in [4.78, 5) is 1.92. The van der Waals surface area contributed by atoms with Crippen molar-refractivity contribution < 1.29 is 22.3 Å². The summed E-state index contributed by atoms with van der Waals surface area (Å²) in [5, 5.41) is 0. The quantitative estimate of drug-likeness (QED) is 0.0980. The van der Waals surface area contributed by atoms with Gasteiger partial charge < -0.3 is 9.64 Å². The van der Waals surface area contributed by atoms with Gasteiger partial charge in [0, 0.05) is 43.9 Å². The molecule has 1 aliphatic heterocycles. The molecular formula is C30H43N2O4S+. The van der Waals surface area contributed by atoms with Gasteiger partial charge in [-0.05, 0) is 57.4 Å². The maximum atomic E-state index is 11.2. The summed E-state index contributed by atoms with van der Waals surface area (Å²) in [7, 11) is -0.0871. The Labute approximate surface area is 223 Å². The molecule has 1 aromatic rings. The molecular weight excluding hydrogens is 484 g/mol.